The largest absolute Gasteiger partial charge is 0.490 e. The van der Waals surface area contributed by atoms with E-state index in [1.807, 2.05) is 113 Å². The minimum atomic E-state index is -0.689. The van der Waals surface area contributed by atoms with Gasteiger partial charge in [-0.2, -0.15) is 0 Å². The number of rotatable bonds is 19. The molecule has 0 aliphatic heterocycles. The van der Waals surface area contributed by atoms with E-state index in [1.165, 1.54) is 0 Å². The molecule has 0 aliphatic carbocycles. The Kier molecular flexibility index (Phi) is 15.0. The summed E-state index contributed by atoms with van der Waals surface area (Å²) in [6.07, 6.45) is -1.38. The minimum Gasteiger partial charge on any atom is -0.490 e. The normalized spacial score (nSPS) is 11.8. The molecule has 8 heteroatoms. The monoisotopic (exact) mass is 830 g/mol. The second-order valence-corrected chi connectivity index (χ2v) is 15.5. The van der Waals surface area contributed by atoms with E-state index in [-0.39, 0.29) is 26.4 Å². The van der Waals surface area contributed by atoms with Crippen LogP contribution in [0.2, 0.25) is 0 Å². The van der Waals surface area contributed by atoms with Gasteiger partial charge in [-0.05, 0) is 146 Å². The standard InChI is InChI=1S/C54H54O8/c1-35(2)53(55)61-49(31-57-47-23-19-43(20-24-47)41-15-11-9-12-16-41)33-59-51-37(5)27-45(28-38(51)6)46-29-39(7)52(40(8)30-46)60-34-50(62-54(56)36(3)4)32-58-48-25-21-44(22-26-48)42-17-13-10-14-18-42/h9-30,49-50H,1,3,31-34H2,2,4-8H3. The van der Waals surface area contributed by atoms with Crippen molar-refractivity contribution in [1.82, 2.24) is 0 Å². The fourth-order valence-corrected chi connectivity index (χ4v) is 6.90. The van der Waals surface area contributed by atoms with Crippen molar-refractivity contribution < 1.29 is 38.0 Å². The van der Waals surface area contributed by atoms with Gasteiger partial charge in [0, 0.05) is 11.1 Å². The Morgan fingerprint density at radius 3 is 1.02 bits per heavy atom. The molecule has 0 bridgehead atoms. The Balaban J connectivity index is 1.10. The smallest absolute Gasteiger partial charge is 0.333 e. The minimum absolute atomic E-state index is 0.0840. The van der Waals surface area contributed by atoms with Crippen LogP contribution in [0.4, 0.5) is 0 Å². The summed E-state index contributed by atoms with van der Waals surface area (Å²) in [6.45, 7) is 19.0. The van der Waals surface area contributed by atoms with E-state index >= 15 is 0 Å². The summed E-state index contributed by atoms with van der Waals surface area (Å²) in [5.74, 6) is 1.70. The molecule has 6 aromatic rings. The average Bonchev–Trinajstić information content (AvgIpc) is 3.27. The molecule has 318 valence electrons. The van der Waals surface area contributed by atoms with Gasteiger partial charge in [-0.25, -0.2) is 9.59 Å². The molecule has 0 N–H and O–H groups in total. The number of hydrogen-bond donors (Lipinski definition) is 0. The van der Waals surface area contributed by atoms with Crippen LogP contribution in [0.25, 0.3) is 33.4 Å². The van der Waals surface area contributed by atoms with E-state index in [9.17, 15) is 9.59 Å². The fraction of sp³-hybridized carbons (Fsp3) is 0.222. The Morgan fingerprint density at radius 2 is 0.710 bits per heavy atom. The summed E-state index contributed by atoms with van der Waals surface area (Å²) in [5.41, 5.74) is 10.7. The molecule has 0 radical (unpaired) electrons. The zero-order valence-corrected chi connectivity index (χ0v) is 36.4. The van der Waals surface area contributed by atoms with Crippen LogP contribution in [0.1, 0.15) is 36.1 Å². The summed E-state index contributed by atoms with van der Waals surface area (Å²) in [5, 5.41) is 0. The Hall–Kier alpha value is -7.06. The summed E-state index contributed by atoms with van der Waals surface area (Å²) in [6, 6.07) is 44.1. The number of ether oxygens (including phenoxy) is 6. The molecule has 0 aliphatic rings. The maximum atomic E-state index is 12.6. The van der Waals surface area contributed by atoms with Crippen LogP contribution in [0, 0.1) is 27.7 Å². The van der Waals surface area contributed by atoms with Crippen molar-refractivity contribution >= 4 is 11.9 Å². The first-order valence-corrected chi connectivity index (χ1v) is 20.6. The molecule has 6 rings (SSSR count). The number of hydrogen-bond acceptors (Lipinski definition) is 8. The first kappa shape index (κ1) is 44.5. The SMILES string of the molecule is C=C(C)C(=O)OC(COc1ccc(-c2ccccc2)cc1)COc1c(C)cc(-c2cc(C)c(OCC(COc3ccc(-c4ccccc4)cc3)OC(=O)C(=C)C)c(C)c2)cc1C. The molecule has 0 saturated heterocycles. The van der Waals surface area contributed by atoms with E-state index in [0.717, 1.165) is 55.6 Å². The predicted molar refractivity (Wildman–Crippen MR) is 246 cm³/mol. The van der Waals surface area contributed by atoms with Crippen molar-refractivity contribution in [3.63, 3.8) is 0 Å². The molecule has 2 unspecified atom stereocenters. The number of carbonyl (C=O) groups is 2. The van der Waals surface area contributed by atoms with Gasteiger partial charge < -0.3 is 28.4 Å². The second-order valence-electron chi connectivity index (χ2n) is 15.5. The lowest BCUT2D eigenvalue weighted by Gasteiger charge is -2.22. The van der Waals surface area contributed by atoms with E-state index < -0.39 is 24.1 Å². The van der Waals surface area contributed by atoms with Crippen LogP contribution in [-0.4, -0.2) is 50.6 Å². The Morgan fingerprint density at radius 1 is 0.419 bits per heavy atom. The molecular weight excluding hydrogens is 777 g/mol. The molecule has 6 aromatic carbocycles. The predicted octanol–water partition coefficient (Wildman–Crippen LogP) is 11.8. The van der Waals surface area contributed by atoms with Crippen LogP contribution in [-0.2, 0) is 19.1 Å². The summed E-state index contributed by atoms with van der Waals surface area (Å²) in [4.78, 5) is 25.2. The number of benzene rings is 6. The first-order chi connectivity index (χ1) is 29.8. The summed E-state index contributed by atoms with van der Waals surface area (Å²) in [7, 11) is 0. The second kappa shape index (κ2) is 21.0. The van der Waals surface area contributed by atoms with Crippen LogP contribution >= 0.6 is 0 Å². The maximum Gasteiger partial charge on any atom is 0.333 e. The van der Waals surface area contributed by atoms with Gasteiger partial charge in [-0.15, -0.1) is 0 Å². The third-order valence-electron chi connectivity index (χ3n) is 10.1. The fourth-order valence-electron chi connectivity index (χ4n) is 6.90. The maximum absolute atomic E-state index is 12.6. The molecule has 0 saturated carbocycles. The van der Waals surface area contributed by atoms with Gasteiger partial charge in [-0.1, -0.05) is 98.1 Å². The van der Waals surface area contributed by atoms with Crippen molar-refractivity contribution in [2.24, 2.45) is 0 Å². The highest BCUT2D eigenvalue weighted by Crippen LogP contribution is 2.35. The van der Waals surface area contributed by atoms with Gasteiger partial charge >= 0.3 is 11.9 Å². The molecule has 0 heterocycles. The quantitative estimate of drug-likeness (QED) is 0.0589. The lowest BCUT2D eigenvalue weighted by atomic mass is 9.96. The van der Waals surface area contributed by atoms with Crippen LogP contribution in [0.3, 0.4) is 0 Å². The van der Waals surface area contributed by atoms with Crippen LogP contribution < -0.4 is 18.9 Å². The first-order valence-electron chi connectivity index (χ1n) is 20.6. The summed E-state index contributed by atoms with van der Waals surface area (Å²) < 4.78 is 36.3. The van der Waals surface area contributed by atoms with Crippen LogP contribution in [0.15, 0.2) is 158 Å². The molecule has 0 spiro atoms. The lowest BCUT2D eigenvalue weighted by Crippen LogP contribution is -2.31. The molecule has 0 aromatic heterocycles. The van der Waals surface area contributed by atoms with E-state index in [2.05, 4.69) is 61.7 Å². The Labute approximate surface area is 365 Å². The van der Waals surface area contributed by atoms with E-state index in [0.29, 0.717) is 34.1 Å². The molecule has 0 fully saturated rings. The lowest BCUT2D eigenvalue weighted by molar-refractivity contribution is -0.148. The highest BCUT2D eigenvalue weighted by molar-refractivity contribution is 5.87. The third-order valence-corrected chi connectivity index (χ3v) is 10.1. The zero-order chi connectivity index (χ0) is 44.2. The van der Waals surface area contributed by atoms with Crippen LogP contribution in [0.5, 0.6) is 23.0 Å². The number of esters is 2. The van der Waals surface area contributed by atoms with E-state index in [4.69, 9.17) is 28.4 Å². The van der Waals surface area contributed by atoms with Gasteiger partial charge in [0.2, 0.25) is 0 Å². The molecule has 2 atom stereocenters. The summed E-state index contributed by atoms with van der Waals surface area (Å²) >= 11 is 0. The highest BCUT2D eigenvalue weighted by Gasteiger charge is 2.21. The van der Waals surface area contributed by atoms with Gasteiger partial charge in [0.1, 0.15) is 49.4 Å². The zero-order valence-electron chi connectivity index (χ0n) is 36.4. The van der Waals surface area contributed by atoms with Crippen molar-refractivity contribution in [1.29, 1.82) is 0 Å². The van der Waals surface area contributed by atoms with E-state index in [1.54, 1.807) is 13.8 Å². The van der Waals surface area contributed by atoms with Gasteiger partial charge in [0.05, 0.1) is 0 Å². The van der Waals surface area contributed by atoms with Crippen molar-refractivity contribution in [3.8, 4) is 56.4 Å². The third kappa shape index (κ3) is 12.0. The highest BCUT2D eigenvalue weighted by atomic mass is 16.6. The molecule has 8 nitrogen and oxygen atoms in total. The van der Waals surface area contributed by atoms with Crippen molar-refractivity contribution in [2.45, 2.75) is 53.8 Å². The number of aryl methyl sites for hydroxylation is 4. The Bertz CT molecular complexity index is 2270. The van der Waals surface area contributed by atoms with Crippen molar-refractivity contribution in [3.05, 3.63) is 180 Å². The van der Waals surface area contributed by atoms with Gasteiger partial charge in [-0.3, -0.25) is 0 Å². The average molecular weight is 831 g/mol. The van der Waals surface area contributed by atoms with Crippen molar-refractivity contribution in [2.75, 3.05) is 26.4 Å². The molecule has 0 amide bonds. The van der Waals surface area contributed by atoms with Gasteiger partial charge in [0.25, 0.3) is 0 Å². The molecular formula is C54H54O8. The molecule has 62 heavy (non-hydrogen) atoms. The topological polar surface area (TPSA) is 89.5 Å². The number of carbonyl (C=O) groups excluding carboxylic acids is 2. The van der Waals surface area contributed by atoms with Gasteiger partial charge in [0.15, 0.2) is 12.2 Å².